The van der Waals surface area contributed by atoms with Crippen LogP contribution in [0.3, 0.4) is 0 Å². The van der Waals surface area contributed by atoms with Gasteiger partial charge < -0.3 is 10.7 Å². The van der Waals surface area contributed by atoms with Gasteiger partial charge in [0.15, 0.2) is 0 Å². The van der Waals surface area contributed by atoms with Gasteiger partial charge in [0.2, 0.25) is 5.91 Å². The molecule has 0 unspecified atom stereocenters. The van der Waals surface area contributed by atoms with Crippen molar-refractivity contribution in [1.82, 2.24) is 0 Å². The molecule has 0 saturated carbocycles. The van der Waals surface area contributed by atoms with E-state index >= 15 is 0 Å². The van der Waals surface area contributed by atoms with E-state index in [2.05, 4.69) is 21.2 Å². The summed E-state index contributed by atoms with van der Waals surface area (Å²) >= 11 is 3.37. The molecule has 0 atom stereocenters. The molecule has 0 bridgehead atoms. The first-order valence-electron chi connectivity index (χ1n) is 4.13. The van der Waals surface area contributed by atoms with E-state index in [-0.39, 0.29) is 5.91 Å². The molecular formula is C10H11BrN2O. The highest BCUT2D eigenvalue weighted by molar-refractivity contribution is 9.10. The molecule has 1 aromatic rings. The van der Waals surface area contributed by atoms with E-state index in [1.54, 1.807) is 6.07 Å². The summed E-state index contributed by atoms with van der Waals surface area (Å²) in [4.78, 5) is 10.9. The third-order valence-electron chi connectivity index (χ3n) is 1.80. The van der Waals surface area contributed by atoms with Gasteiger partial charge in [0.1, 0.15) is 0 Å². The highest BCUT2D eigenvalue weighted by Gasteiger charge is 2.05. The van der Waals surface area contributed by atoms with Crippen LogP contribution in [0.2, 0.25) is 0 Å². The van der Waals surface area contributed by atoms with Crippen LogP contribution in [-0.4, -0.2) is 12.1 Å². The maximum Gasteiger partial charge on any atom is 0.221 e. The molecule has 1 aromatic carbocycles. The summed E-state index contributed by atoms with van der Waals surface area (Å²) in [5.41, 5.74) is 2.41. The maximum absolute atomic E-state index is 10.9. The number of nitrogens with one attached hydrogen (secondary N) is 2. The molecule has 0 fully saturated rings. The van der Waals surface area contributed by atoms with Gasteiger partial charge in [-0.25, -0.2) is 0 Å². The Morgan fingerprint density at radius 3 is 2.71 bits per heavy atom. The molecule has 4 heteroatoms. The van der Waals surface area contributed by atoms with Crippen LogP contribution in [0.25, 0.3) is 0 Å². The third-order valence-corrected chi connectivity index (χ3v) is 2.65. The number of amides is 1. The minimum atomic E-state index is -0.135. The molecule has 0 spiro atoms. The monoisotopic (exact) mass is 254 g/mol. The van der Waals surface area contributed by atoms with Crippen molar-refractivity contribution in [3.05, 3.63) is 27.7 Å². The summed E-state index contributed by atoms with van der Waals surface area (Å²) < 4.78 is 0.923. The van der Waals surface area contributed by atoms with E-state index in [1.165, 1.54) is 13.1 Å². The van der Waals surface area contributed by atoms with Crippen molar-refractivity contribution in [2.75, 3.05) is 5.32 Å². The van der Waals surface area contributed by atoms with Crippen LogP contribution in [0.15, 0.2) is 16.6 Å². The van der Waals surface area contributed by atoms with Crippen LogP contribution >= 0.6 is 15.9 Å². The average molecular weight is 255 g/mol. The van der Waals surface area contributed by atoms with Gasteiger partial charge in [-0.05, 0) is 24.6 Å². The van der Waals surface area contributed by atoms with E-state index in [4.69, 9.17) is 5.41 Å². The van der Waals surface area contributed by atoms with Crippen LogP contribution in [0.4, 0.5) is 5.69 Å². The number of anilines is 1. The van der Waals surface area contributed by atoms with Gasteiger partial charge in [0.25, 0.3) is 0 Å². The fraction of sp³-hybridized carbons (Fsp3) is 0.200. The molecule has 74 valence electrons. The molecule has 14 heavy (non-hydrogen) atoms. The Bertz CT molecular complexity index is 388. The smallest absolute Gasteiger partial charge is 0.221 e. The molecule has 0 heterocycles. The zero-order valence-electron chi connectivity index (χ0n) is 8.02. The van der Waals surface area contributed by atoms with Crippen molar-refractivity contribution in [2.45, 2.75) is 13.8 Å². The number of benzene rings is 1. The lowest BCUT2D eigenvalue weighted by Gasteiger charge is -2.08. The first-order valence-corrected chi connectivity index (χ1v) is 4.92. The molecule has 0 aliphatic carbocycles. The average Bonchev–Trinajstić information content (AvgIpc) is 2.10. The molecule has 1 amide bonds. The molecule has 0 saturated heterocycles. The largest absolute Gasteiger partial charge is 0.326 e. The SMILES string of the molecule is CC(=O)Nc1cc(Br)c(C)cc1C=N. The number of halogens is 1. The van der Waals surface area contributed by atoms with Crippen molar-refractivity contribution in [2.24, 2.45) is 0 Å². The van der Waals surface area contributed by atoms with Crippen LogP contribution in [0.1, 0.15) is 18.1 Å². The molecule has 0 aliphatic rings. The Hall–Kier alpha value is -1.16. The summed E-state index contributed by atoms with van der Waals surface area (Å²) in [5, 5.41) is 9.88. The standard InChI is InChI=1S/C10H11BrN2O/c1-6-3-8(5-12)10(4-9(6)11)13-7(2)14/h3-5,12H,1-2H3,(H,13,14). The lowest BCUT2D eigenvalue weighted by molar-refractivity contribution is -0.114. The van der Waals surface area contributed by atoms with Crippen LogP contribution in [0.5, 0.6) is 0 Å². The Labute approximate surface area is 91.2 Å². The van der Waals surface area contributed by atoms with Gasteiger partial charge in [-0.1, -0.05) is 15.9 Å². The lowest BCUT2D eigenvalue weighted by atomic mass is 10.1. The Kier molecular flexibility index (Phi) is 3.41. The topological polar surface area (TPSA) is 53.0 Å². The molecular weight excluding hydrogens is 244 g/mol. The lowest BCUT2D eigenvalue weighted by Crippen LogP contribution is -2.08. The van der Waals surface area contributed by atoms with Crippen LogP contribution in [-0.2, 0) is 4.79 Å². The number of hydrogen-bond acceptors (Lipinski definition) is 2. The zero-order chi connectivity index (χ0) is 10.7. The van der Waals surface area contributed by atoms with Crippen LogP contribution < -0.4 is 5.32 Å². The van der Waals surface area contributed by atoms with Gasteiger partial charge in [-0.2, -0.15) is 0 Å². The zero-order valence-corrected chi connectivity index (χ0v) is 9.60. The summed E-state index contributed by atoms with van der Waals surface area (Å²) in [6.45, 7) is 3.39. The maximum atomic E-state index is 10.9. The summed E-state index contributed by atoms with van der Waals surface area (Å²) in [6.07, 6.45) is 1.23. The normalized spacial score (nSPS) is 9.64. The van der Waals surface area contributed by atoms with Crippen LogP contribution in [0, 0.1) is 12.3 Å². The van der Waals surface area contributed by atoms with Crippen molar-refractivity contribution in [3.8, 4) is 0 Å². The summed E-state index contributed by atoms with van der Waals surface area (Å²) in [5.74, 6) is -0.135. The Morgan fingerprint density at radius 2 is 2.21 bits per heavy atom. The number of carbonyl (C=O) groups is 1. The highest BCUT2D eigenvalue weighted by atomic mass is 79.9. The van der Waals surface area contributed by atoms with Gasteiger partial charge in [-0.3, -0.25) is 4.79 Å². The summed E-state index contributed by atoms with van der Waals surface area (Å²) in [7, 11) is 0. The van der Waals surface area contributed by atoms with E-state index in [0.717, 1.165) is 10.0 Å². The Balaban J connectivity index is 3.19. The fourth-order valence-electron chi connectivity index (χ4n) is 1.12. The second kappa shape index (κ2) is 4.37. The van der Waals surface area contributed by atoms with Gasteiger partial charge in [-0.15, -0.1) is 0 Å². The number of rotatable bonds is 2. The van der Waals surface area contributed by atoms with E-state index in [9.17, 15) is 4.79 Å². The van der Waals surface area contributed by atoms with Crippen molar-refractivity contribution >= 4 is 33.7 Å². The van der Waals surface area contributed by atoms with Crippen molar-refractivity contribution in [3.63, 3.8) is 0 Å². The number of carbonyl (C=O) groups excluding carboxylic acids is 1. The molecule has 0 aliphatic heterocycles. The molecule has 0 aromatic heterocycles. The van der Waals surface area contributed by atoms with E-state index in [1.807, 2.05) is 13.0 Å². The Morgan fingerprint density at radius 1 is 1.57 bits per heavy atom. The second-order valence-corrected chi connectivity index (χ2v) is 3.87. The second-order valence-electron chi connectivity index (χ2n) is 3.01. The number of aryl methyl sites for hydroxylation is 1. The predicted octanol–water partition coefficient (Wildman–Crippen LogP) is 2.71. The van der Waals surface area contributed by atoms with Gasteiger partial charge in [0, 0.05) is 23.2 Å². The quantitative estimate of drug-likeness (QED) is 0.784. The van der Waals surface area contributed by atoms with Gasteiger partial charge in [0.05, 0.1) is 5.69 Å². The summed E-state index contributed by atoms with van der Waals surface area (Å²) in [6, 6.07) is 3.65. The van der Waals surface area contributed by atoms with Gasteiger partial charge >= 0.3 is 0 Å². The minimum Gasteiger partial charge on any atom is -0.326 e. The molecule has 2 N–H and O–H groups in total. The highest BCUT2D eigenvalue weighted by Crippen LogP contribution is 2.24. The predicted molar refractivity (Wildman–Crippen MR) is 61.1 cm³/mol. The minimum absolute atomic E-state index is 0.135. The molecule has 1 rings (SSSR count). The third kappa shape index (κ3) is 2.42. The van der Waals surface area contributed by atoms with E-state index in [0.29, 0.717) is 11.3 Å². The van der Waals surface area contributed by atoms with Crippen molar-refractivity contribution < 1.29 is 4.79 Å². The molecule has 3 nitrogen and oxygen atoms in total. The fourth-order valence-corrected chi connectivity index (χ4v) is 1.46. The first-order chi connectivity index (χ1) is 6.54. The van der Waals surface area contributed by atoms with Crippen molar-refractivity contribution in [1.29, 1.82) is 5.41 Å². The van der Waals surface area contributed by atoms with E-state index < -0.39 is 0 Å². The number of hydrogen-bond donors (Lipinski definition) is 2. The first kappa shape index (κ1) is 10.9. The molecule has 0 radical (unpaired) electrons.